The number of benzene rings is 1. The standard InChI is InChI=1S/C24H30N8O6S/c25-15(7-20(26)33)21(34)30-18(6-13-9-27-11-29-13)23(36)31-17(22(35)32-19(10-39)24(37)38)5-12-8-28-16-4-2-1-3-14(12)16/h1-4,8-9,11,15,17-19,28,39H,5-7,10,25H2,(H2,26,33)(H,27,29)(H,30,34)(H,31,36)(H,32,35)(H,37,38). The number of rotatable bonds is 14. The van der Waals surface area contributed by atoms with Gasteiger partial charge >= 0.3 is 5.97 Å². The van der Waals surface area contributed by atoms with E-state index in [1.54, 1.807) is 6.20 Å². The number of aliphatic carboxylic acids is 1. The number of carboxylic acid groups (broad SMARTS) is 1. The molecule has 15 heteroatoms. The third-order valence-electron chi connectivity index (χ3n) is 5.90. The van der Waals surface area contributed by atoms with Gasteiger partial charge in [-0.1, -0.05) is 18.2 Å². The van der Waals surface area contributed by atoms with E-state index in [2.05, 4.69) is 43.5 Å². The molecule has 2 aromatic heterocycles. The minimum absolute atomic E-state index is 0.00636. The number of nitrogens with one attached hydrogen (secondary N) is 5. The second-order valence-corrected chi connectivity index (χ2v) is 9.19. The topological polar surface area (TPSA) is 238 Å². The summed E-state index contributed by atoms with van der Waals surface area (Å²) >= 11 is 3.98. The van der Waals surface area contributed by atoms with Gasteiger partial charge in [-0.05, 0) is 11.6 Å². The van der Waals surface area contributed by atoms with E-state index >= 15 is 0 Å². The molecule has 3 rings (SSSR count). The molecule has 0 radical (unpaired) electrons. The number of thiol groups is 1. The lowest BCUT2D eigenvalue weighted by atomic mass is 10.0. The zero-order valence-electron chi connectivity index (χ0n) is 20.7. The van der Waals surface area contributed by atoms with Gasteiger partial charge in [-0.15, -0.1) is 0 Å². The van der Waals surface area contributed by atoms with E-state index in [1.165, 1.54) is 12.5 Å². The first-order valence-corrected chi connectivity index (χ1v) is 12.5. The number of aromatic nitrogens is 3. The van der Waals surface area contributed by atoms with Crippen molar-refractivity contribution in [2.24, 2.45) is 11.5 Å². The molecular weight excluding hydrogens is 528 g/mol. The molecule has 208 valence electrons. The van der Waals surface area contributed by atoms with Crippen molar-refractivity contribution in [1.82, 2.24) is 30.9 Å². The summed E-state index contributed by atoms with van der Waals surface area (Å²) in [5.41, 5.74) is 12.9. The molecule has 10 N–H and O–H groups in total. The molecule has 39 heavy (non-hydrogen) atoms. The van der Waals surface area contributed by atoms with E-state index in [1.807, 2.05) is 24.3 Å². The smallest absolute Gasteiger partial charge is 0.327 e. The molecule has 0 spiro atoms. The molecule has 0 saturated carbocycles. The second-order valence-electron chi connectivity index (χ2n) is 8.83. The quantitative estimate of drug-likeness (QED) is 0.104. The van der Waals surface area contributed by atoms with Crippen LogP contribution in [-0.2, 0) is 36.8 Å². The lowest BCUT2D eigenvalue weighted by molar-refractivity contribution is -0.141. The fourth-order valence-electron chi connectivity index (χ4n) is 3.87. The maximum atomic E-state index is 13.4. The van der Waals surface area contributed by atoms with Crippen LogP contribution in [0.2, 0.25) is 0 Å². The minimum atomic E-state index is -1.30. The SMILES string of the molecule is NC(=O)CC(N)C(=O)NC(Cc1cnc[nH]1)C(=O)NC(Cc1c[nH]c2ccccc12)C(=O)NC(CS)C(=O)O. The van der Waals surface area contributed by atoms with Gasteiger partial charge < -0.3 is 42.5 Å². The maximum Gasteiger partial charge on any atom is 0.327 e. The monoisotopic (exact) mass is 558 g/mol. The Morgan fingerprint density at radius 3 is 2.21 bits per heavy atom. The van der Waals surface area contributed by atoms with Crippen LogP contribution in [0.3, 0.4) is 0 Å². The summed E-state index contributed by atoms with van der Waals surface area (Å²) in [7, 11) is 0. The summed E-state index contributed by atoms with van der Waals surface area (Å²) in [6.45, 7) is 0. The second kappa shape index (κ2) is 13.4. The molecule has 0 aliphatic heterocycles. The van der Waals surface area contributed by atoms with Gasteiger partial charge in [0.1, 0.15) is 18.1 Å². The van der Waals surface area contributed by atoms with E-state index in [-0.39, 0.29) is 18.6 Å². The average Bonchev–Trinajstić information content (AvgIpc) is 3.55. The van der Waals surface area contributed by atoms with Gasteiger partial charge in [0.25, 0.3) is 0 Å². The molecule has 0 bridgehead atoms. The number of hydrogen-bond acceptors (Lipinski definition) is 8. The molecule has 1 aromatic carbocycles. The molecular formula is C24H30N8O6S. The van der Waals surface area contributed by atoms with E-state index in [0.29, 0.717) is 11.3 Å². The number of aromatic amines is 2. The average molecular weight is 559 g/mol. The molecule has 0 aliphatic carbocycles. The van der Waals surface area contributed by atoms with E-state index in [9.17, 15) is 29.1 Å². The Kier molecular flexibility index (Phi) is 10.1. The summed E-state index contributed by atoms with van der Waals surface area (Å²) in [6.07, 6.45) is 4.06. The van der Waals surface area contributed by atoms with Crippen LogP contribution >= 0.6 is 12.6 Å². The lowest BCUT2D eigenvalue weighted by Gasteiger charge is -2.25. The van der Waals surface area contributed by atoms with Crippen LogP contribution in [0.4, 0.5) is 0 Å². The number of carbonyl (C=O) groups is 5. The highest BCUT2D eigenvalue weighted by atomic mass is 32.1. The predicted octanol–water partition coefficient (Wildman–Crippen LogP) is -1.65. The Morgan fingerprint density at radius 1 is 0.949 bits per heavy atom. The molecule has 3 aromatic rings. The number of nitrogens with two attached hydrogens (primary N) is 2. The van der Waals surface area contributed by atoms with Gasteiger partial charge in [0.2, 0.25) is 23.6 Å². The first-order valence-electron chi connectivity index (χ1n) is 11.9. The van der Waals surface area contributed by atoms with Crippen molar-refractivity contribution in [3.8, 4) is 0 Å². The van der Waals surface area contributed by atoms with Crippen LogP contribution in [0, 0.1) is 0 Å². The molecule has 0 saturated heterocycles. The minimum Gasteiger partial charge on any atom is -0.480 e. The van der Waals surface area contributed by atoms with E-state index in [4.69, 9.17) is 11.5 Å². The van der Waals surface area contributed by atoms with Gasteiger partial charge in [0, 0.05) is 47.6 Å². The number of nitrogens with zero attached hydrogens (tertiary/aromatic N) is 1. The molecule has 0 aliphatic rings. The van der Waals surface area contributed by atoms with Crippen molar-refractivity contribution >= 4 is 53.1 Å². The highest BCUT2D eigenvalue weighted by Crippen LogP contribution is 2.19. The van der Waals surface area contributed by atoms with Crippen LogP contribution in [-0.4, -0.2) is 79.6 Å². The Hall–Kier alpha value is -4.37. The highest BCUT2D eigenvalue weighted by molar-refractivity contribution is 7.80. The molecule has 4 unspecified atom stereocenters. The summed E-state index contributed by atoms with van der Waals surface area (Å²) in [5.74, 6) is -4.56. The number of carboxylic acids is 1. The van der Waals surface area contributed by atoms with Crippen molar-refractivity contribution in [1.29, 1.82) is 0 Å². The predicted molar refractivity (Wildman–Crippen MR) is 143 cm³/mol. The number of carbonyl (C=O) groups excluding carboxylic acids is 4. The fraction of sp³-hybridized carbons (Fsp3) is 0.333. The summed E-state index contributed by atoms with van der Waals surface area (Å²) < 4.78 is 0. The Bertz CT molecular complexity index is 1330. The fourth-order valence-corrected chi connectivity index (χ4v) is 4.12. The number of hydrogen-bond donors (Lipinski definition) is 9. The first kappa shape index (κ1) is 29.2. The Morgan fingerprint density at radius 2 is 1.59 bits per heavy atom. The van der Waals surface area contributed by atoms with Crippen molar-refractivity contribution < 1.29 is 29.1 Å². The zero-order valence-corrected chi connectivity index (χ0v) is 21.6. The van der Waals surface area contributed by atoms with Crippen LogP contribution in [0.5, 0.6) is 0 Å². The summed E-state index contributed by atoms with van der Waals surface area (Å²) in [6, 6.07) is 2.30. The molecule has 14 nitrogen and oxygen atoms in total. The summed E-state index contributed by atoms with van der Waals surface area (Å²) in [5, 5.41) is 17.7. The maximum absolute atomic E-state index is 13.4. The Labute approximate surface area is 228 Å². The molecule has 4 amide bonds. The highest BCUT2D eigenvalue weighted by Gasteiger charge is 2.31. The van der Waals surface area contributed by atoms with E-state index in [0.717, 1.165) is 10.9 Å². The number of primary amides is 1. The number of fused-ring (bicyclic) bond motifs is 1. The van der Waals surface area contributed by atoms with Crippen molar-refractivity contribution in [3.05, 3.63) is 54.2 Å². The molecule has 0 fully saturated rings. The van der Waals surface area contributed by atoms with Gasteiger partial charge in [0.05, 0.1) is 18.8 Å². The van der Waals surface area contributed by atoms with Crippen LogP contribution in [0.15, 0.2) is 43.0 Å². The van der Waals surface area contributed by atoms with Gasteiger partial charge in [-0.25, -0.2) is 9.78 Å². The molecule has 4 atom stereocenters. The number of para-hydroxylation sites is 1. The van der Waals surface area contributed by atoms with Crippen molar-refractivity contribution in [2.75, 3.05) is 5.75 Å². The number of H-pyrrole nitrogens is 2. The zero-order chi connectivity index (χ0) is 28.5. The molecule has 2 heterocycles. The first-order chi connectivity index (χ1) is 18.6. The van der Waals surface area contributed by atoms with Crippen molar-refractivity contribution in [2.45, 2.75) is 43.4 Å². The lowest BCUT2D eigenvalue weighted by Crippen LogP contribution is -2.58. The van der Waals surface area contributed by atoms with Gasteiger partial charge in [-0.3, -0.25) is 19.2 Å². The Balaban J connectivity index is 1.86. The third kappa shape index (κ3) is 8.05. The van der Waals surface area contributed by atoms with Crippen molar-refractivity contribution in [3.63, 3.8) is 0 Å². The van der Waals surface area contributed by atoms with E-state index < -0.39 is 60.2 Å². The summed E-state index contributed by atoms with van der Waals surface area (Å²) in [4.78, 5) is 71.7. The van der Waals surface area contributed by atoms with Crippen LogP contribution < -0.4 is 27.4 Å². The van der Waals surface area contributed by atoms with Crippen LogP contribution in [0.1, 0.15) is 17.7 Å². The number of imidazole rings is 1. The van der Waals surface area contributed by atoms with Gasteiger partial charge in [-0.2, -0.15) is 12.6 Å². The normalized spacial score (nSPS) is 14.1. The van der Waals surface area contributed by atoms with Crippen LogP contribution in [0.25, 0.3) is 10.9 Å². The van der Waals surface area contributed by atoms with Gasteiger partial charge in [0.15, 0.2) is 0 Å². The third-order valence-corrected chi connectivity index (χ3v) is 6.26. The largest absolute Gasteiger partial charge is 0.480 e. The number of amides is 4.